The molecule has 5 heteroatoms. The monoisotopic (exact) mass is 249 g/mol. The van der Waals surface area contributed by atoms with Gasteiger partial charge in [0.2, 0.25) is 0 Å². The Balaban J connectivity index is 2.55. The quantitative estimate of drug-likeness (QED) is 0.769. The molecule has 0 aromatic heterocycles. The molecule has 18 heavy (non-hydrogen) atoms. The van der Waals surface area contributed by atoms with Gasteiger partial charge in [-0.2, -0.15) is 0 Å². The highest BCUT2D eigenvalue weighted by atomic mass is 16.2. The number of benzene rings is 1. The smallest absolute Gasteiger partial charge is 0.253 e. The van der Waals surface area contributed by atoms with E-state index in [9.17, 15) is 9.59 Å². The first kappa shape index (κ1) is 14.2. The number of hydrogen-bond donors (Lipinski definition) is 2. The van der Waals surface area contributed by atoms with Crippen molar-refractivity contribution in [3.63, 3.8) is 0 Å². The number of amides is 2. The molecule has 1 rings (SSSR count). The van der Waals surface area contributed by atoms with Crippen LogP contribution in [0.4, 0.5) is 0 Å². The first-order valence-corrected chi connectivity index (χ1v) is 5.72. The van der Waals surface area contributed by atoms with Gasteiger partial charge in [0.25, 0.3) is 11.8 Å². The van der Waals surface area contributed by atoms with Crippen molar-refractivity contribution in [3.05, 3.63) is 34.9 Å². The average molecular weight is 249 g/mol. The molecule has 0 atom stereocenters. The van der Waals surface area contributed by atoms with E-state index in [0.717, 1.165) is 11.1 Å². The summed E-state index contributed by atoms with van der Waals surface area (Å²) in [6, 6.07) is 5.46. The molecule has 0 radical (unpaired) electrons. The van der Waals surface area contributed by atoms with Crippen LogP contribution >= 0.6 is 0 Å². The van der Waals surface area contributed by atoms with Crippen LogP contribution in [0.15, 0.2) is 18.2 Å². The lowest BCUT2D eigenvalue weighted by atomic mass is 10.1. The number of aryl methyl sites for hydroxylation is 2. The second-order valence-electron chi connectivity index (χ2n) is 4.41. The van der Waals surface area contributed by atoms with Crippen molar-refractivity contribution in [3.8, 4) is 0 Å². The van der Waals surface area contributed by atoms with Crippen molar-refractivity contribution < 1.29 is 9.59 Å². The lowest BCUT2D eigenvalue weighted by Gasteiger charge is -2.12. The zero-order chi connectivity index (χ0) is 13.7. The highest BCUT2D eigenvalue weighted by molar-refractivity contribution is 5.96. The summed E-state index contributed by atoms with van der Waals surface area (Å²) in [7, 11) is 3.42. The lowest BCUT2D eigenvalue weighted by molar-refractivity contribution is -0.123. The van der Waals surface area contributed by atoms with E-state index >= 15 is 0 Å². The van der Waals surface area contributed by atoms with Crippen molar-refractivity contribution in [1.82, 2.24) is 15.8 Å². The summed E-state index contributed by atoms with van der Waals surface area (Å²) < 4.78 is 0. The Morgan fingerprint density at radius 1 is 1.17 bits per heavy atom. The summed E-state index contributed by atoms with van der Waals surface area (Å²) in [6.07, 6.45) is 0. The summed E-state index contributed by atoms with van der Waals surface area (Å²) in [5, 5.41) is 4.11. The Morgan fingerprint density at radius 3 is 2.39 bits per heavy atom. The second kappa shape index (κ2) is 6.16. The fraction of sp³-hybridized carbons (Fsp3) is 0.385. The van der Waals surface area contributed by atoms with Gasteiger partial charge in [0.15, 0.2) is 0 Å². The molecule has 0 aliphatic rings. The van der Waals surface area contributed by atoms with Gasteiger partial charge in [0.05, 0.1) is 6.54 Å². The van der Waals surface area contributed by atoms with Crippen molar-refractivity contribution in [2.24, 2.45) is 0 Å². The first-order valence-electron chi connectivity index (χ1n) is 5.72. The largest absolute Gasteiger partial charge is 0.343 e. The van der Waals surface area contributed by atoms with Crippen molar-refractivity contribution in [2.45, 2.75) is 13.8 Å². The molecule has 2 N–H and O–H groups in total. The molecule has 0 unspecified atom stereocenters. The van der Waals surface area contributed by atoms with Crippen LogP contribution in [0, 0.1) is 13.8 Å². The Kier molecular flexibility index (Phi) is 4.85. The van der Waals surface area contributed by atoms with Crippen LogP contribution in [-0.4, -0.2) is 37.5 Å². The molecule has 2 amide bonds. The molecular formula is C13H19N3O2. The van der Waals surface area contributed by atoms with E-state index in [1.165, 1.54) is 5.01 Å². The molecule has 0 saturated heterocycles. The van der Waals surface area contributed by atoms with Gasteiger partial charge >= 0.3 is 0 Å². The van der Waals surface area contributed by atoms with Crippen molar-refractivity contribution in [1.29, 1.82) is 0 Å². The molecule has 1 aromatic carbocycles. The number of rotatable bonds is 4. The molecule has 5 nitrogen and oxygen atoms in total. The topological polar surface area (TPSA) is 61.4 Å². The van der Waals surface area contributed by atoms with E-state index in [4.69, 9.17) is 0 Å². The second-order valence-corrected chi connectivity index (χ2v) is 4.41. The van der Waals surface area contributed by atoms with Gasteiger partial charge in [-0.05, 0) is 37.1 Å². The third-order valence-electron chi connectivity index (χ3n) is 2.53. The van der Waals surface area contributed by atoms with E-state index < -0.39 is 0 Å². The zero-order valence-electron chi connectivity index (χ0n) is 11.2. The van der Waals surface area contributed by atoms with Crippen LogP contribution in [0.5, 0.6) is 0 Å². The van der Waals surface area contributed by atoms with E-state index in [2.05, 4.69) is 10.7 Å². The predicted molar refractivity (Wildman–Crippen MR) is 70.1 cm³/mol. The van der Waals surface area contributed by atoms with Gasteiger partial charge in [0, 0.05) is 19.7 Å². The molecule has 0 heterocycles. The molecule has 0 aliphatic heterocycles. The van der Waals surface area contributed by atoms with Gasteiger partial charge in [-0.25, -0.2) is 5.01 Å². The highest BCUT2D eigenvalue weighted by Crippen LogP contribution is 2.09. The van der Waals surface area contributed by atoms with Gasteiger partial charge in [-0.1, -0.05) is 6.07 Å². The predicted octanol–water partition coefficient (Wildman–Crippen LogP) is 0.626. The third kappa shape index (κ3) is 4.18. The fourth-order valence-electron chi connectivity index (χ4n) is 1.43. The minimum Gasteiger partial charge on any atom is -0.343 e. The number of nitrogens with one attached hydrogen (secondary N) is 2. The molecule has 0 saturated carbocycles. The van der Waals surface area contributed by atoms with E-state index in [0.29, 0.717) is 5.56 Å². The number of nitrogens with zero attached hydrogens (tertiary/aromatic N) is 1. The molecule has 0 aliphatic carbocycles. The molecule has 0 spiro atoms. The summed E-state index contributed by atoms with van der Waals surface area (Å²) in [5.41, 5.74) is 5.31. The SMILES string of the molecule is Cc1ccc(C(=O)NCC(=O)NN(C)C)cc1C. The molecule has 0 fully saturated rings. The minimum atomic E-state index is -0.253. The first-order chi connectivity index (χ1) is 8.40. The number of hydrogen-bond acceptors (Lipinski definition) is 3. The minimum absolute atomic E-state index is 0.0378. The van der Waals surface area contributed by atoms with Crippen LogP contribution in [0.25, 0.3) is 0 Å². The molecule has 98 valence electrons. The van der Waals surface area contributed by atoms with Crippen molar-refractivity contribution in [2.75, 3.05) is 20.6 Å². The lowest BCUT2D eigenvalue weighted by Crippen LogP contribution is -2.43. The normalized spacial score (nSPS) is 10.3. The van der Waals surface area contributed by atoms with Crippen LogP contribution in [0.3, 0.4) is 0 Å². The van der Waals surface area contributed by atoms with Crippen LogP contribution in [0.2, 0.25) is 0 Å². The summed E-state index contributed by atoms with van der Waals surface area (Å²) >= 11 is 0. The average Bonchev–Trinajstić information content (AvgIpc) is 2.28. The third-order valence-corrected chi connectivity index (χ3v) is 2.53. The van der Waals surface area contributed by atoms with E-state index in [1.54, 1.807) is 20.2 Å². The maximum absolute atomic E-state index is 11.8. The van der Waals surface area contributed by atoms with E-state index in [-0.39, 0.29) is 18.4 Å². The Bertz CT molecular complexity index is 456. The fourth-order valence-corrected chi connectivity index (χ4v) is 1.43. The van der Waals surface area contributed by atoms with Crippen LogP contribution < -0.4 is 10.7 Å². The summed E-state index contributed by atoms with van der Waals surface area (Å²) in [6.45, 7) is 3.90. The molecular weight excluding hydrogens is 230 g/mol. The van der Waals surface area contributed by atoms with Gasteiger partial charge in [-0.3, -0.25) is 15.0 Å². The number of hydrazine groups is 1. The summed E-state index contributed by atoms with van der Waals surface area (Å²) in [5.74, 6) is -0.496. The molecule has 1 aromatic rings. The number of carbonyl (C=O) groups excluding carboxylic acids is 2. The van der Waals surface area contributed by atoms with Crippen molar-refractivity contribution >= 4 is 11.8 Å². The Labute approximate surface area is 107 Å². The van der Waals surface area contributed by atoms with E-state index in [1.807, 2.05) is 26.0 Å². The Morgan fingerprint density at radius 2 is 1.83 bits per heavy atom. The zero-order valence-corrected chi connectivity index (χ0v) is 11.2. The van der Waals surface area contributed by atoms with Gasteiger partial charge < -0.3 is 5.32 Å². The van der Waals surface area contributed by atoms with Gasteiger partial charge in [-0.15, -0.1) is 0 Å². The van der Waals surface area contributed by atoms with Crippen LogP contribution in [-0.2, 0) is 4.79 Å². The van der Waals surface area contributed by atoms with Gasteiger partial charge in [0.1, 0.15) is 0 Å². The highest BCUT2D eigenvalue weighted by Gasteiger charge is 2.08. The maximum atomic E-state index is 11.8. The number of carbonyl (C=O) groups is 2. The maximum Gasteiger partial charge on any atom is 0.253 e. The Hall–Kier alpha value is -1.88. The molecule has 0 bridgehead atoms. The van der Waals surface area contributed by atoms with Crippen LogP contribution in [0.1, 0.15) is 21.5 Å². The summed E-state index contributed by atoms with van der Waals surface area (Å²) in [4.78, 5) is 23.1. The standard InChI is InChI=1S/C13H19N3O2/c1-9-5-6-11(7-10(9)2)13(18)14-8-12(17)15-16(3)4/h5-7H,8H2,1-4H3,(H,14,18)(H,15,17).